The Bertz CT molecular complexity index is 1370. The van der Waals surface area contributed by atoms with Gasteiger partial charge in [-0.3, -0.25) is 9.59 Å². The van der Waals surface area contributed by atoms with Crippen LogP contribution in [0.2, 0.25) is 10.0 Å². The van der Waals surface area contributed by atoms with Crippen LogP contribution in [0.1, 0.15) is 0 Å². The van der Waals surface area contributed by atoms with E-state index in [4.69, 9.17) is 41.8 Å². The van der Waals surface area contributed by atoms with E-state index in [2.05, 4.69) is 5.32 Å². The van der Waals surface area contributed by atoms with Crippen molar-refractivity contribution in [3.63, 3.8) is 0 Å². The van der Waals surface area contributed by atoms with Gasteiger partial charge in [-0.2, -0.15) is 0 Å². The van der Waals surface area contributed by atoms with Gasteiger partial charge in [0.25, 0.3) is 5.91 Å². The maximum Gasteiger partial charge on any atom is 0.262 e. The molecule has 7 nitrogen and oxygen atoms in total. The molecular weight excluding hydrogens is 469 g/mol. The van der Waals surface area contributed by atoms with Crippen molar-refractivity contribution < 1.29 is 23.4 Å². The smallest absolute Gasteiger partial charge is 0.262 e. The second-order valence-corrected chi connectivity index (χ2v) is 7.59. The third-order valence-corrected chi connectivity index (χ3v) is 5.42. The summed E-state index contributed by atoms with van der Waals surface area (Å²) in [7, 11) is 1.56. The molecule has 1 N–H and O–H groups in total. The summed E-state index contributed by atoms with van der Waals surface area (Å²) in [6.07, 6.45) is 1.23. The molecular formula is C24H17Cl2NO6. The van der Waals surface area contributed by atoms with Crippen molar-refractivity contribution in [2.45, 2.75) is 0 Å². The average Bonchev–Trinajstić information content (AvgIpc) is 2.83. The fourth-order valence-corrected chi connectivity index (χ4v) is 3.31. The van der Waals surface area contributed by atoms with Crippen LogP contribution in [0.4, 0.5) is 5.69 Å². The number of methoxy groups -OCH3 is 1. The molecule has 0 bridgehead atoms. The van der Waals surface area contributed by atoms with E-state index in [1.807, 2.05) is 0 Å². The Morgan fingerprint density at radius 2 is 1.73 bits per heavy atom. The molecule has 3 aromatic carbocycles. The number of anilines is 1. The lowest BCUT2D eigenvalue weighted by molar-refractivity contribution is -0.118. The molecule has 4 aromatic rings. The molecule has 9 heteroatoms. The number of benzene rings is 3. The molecule has 168 valence electrons. The van der Waals surface area contributed by atoms with E-state index in [1.165, 1.54) is 12.3 Å². The number of nitrogens with one attached hydrogen (secondary N) is 1. The van der Waals surface area contributed by atoms with Crippen molar-refractivity contribution in [2.24, 2.45) is 0 Å². The first kappa shape index (κ1) is 22.5. The van der Waals surface area contributed by atoms with Crippen LogP contribution < -0.4 is 25.0 Å². The molecule has 0 saturated carbocycles. The number of carbonyl (C=O) groups is 1. The summed E-state index contributed by atoms with van der Waals surface area (Å²) in [6, 6.07) is 16.3. The van der Waals surface area contributed by atoms with Gasteiger partial charge in [-0.1, -0.05) is 29.3 Å². The predicted molar refractivity (Wildman–Crippen MR) is 126 cm³/mol. The van der Waals surface area contributed by atoms with Gasteiger partial charge in [0.05, 0.1) is 28.2 Å². The van der Waals surface area contributed by atoms with Gasteiger partial charge in [-0.05, 0) is 48.5 Å². The lowest BCUT2D eigenvalue weighted by atomic mass is 10.2. The van der Waals surface area contributed by atoms with Crippen LogP contribution >= 0.6 is 23.2 Å². The zero-order chi connectivity index (χ0) is 23.4. The van der Waals surface area contributed by atoms with Crippen LogP contribution in [-0.2, 0) is 4.79 Å². The minimum Gasteiger partial charge on any atom is -0.497 e. The monoisotopic (exact) mass is 485 g/mol. The molecule has 0 spiro atoms. The van der Waals surface area contributed by atoms with Gasteiger partial charge in [-0.25, -0.2) is 0 Å². The van der Waals surface area contributed by atoms with E-state index in [0.29, 0.717) is 33.3 Å². The third-order valence-electron chi connectivity index (χ3n) is 4.60. The van der Waals surface area contributed by atoms with Gasteiger partial charge >= 0.3 is 0 Å². The molecule has 0 unspecified atom stereocenters. The van der Waals surface area contributed by atoms with Crippen molar-refractivity contribution in [3.8, 4) is 23.0 Å². The number of hydrogen-bond donors (Lipinski definition) is 1. The number of hydrogen-bond acceptors (Lipinski definition) is 6. The number of carbonyl (C=O) groups excluding carboxylic acids is 1. The molecule has 33 heavy (non-hydrogen) atoms. The van der Waals surface area contributed by atoms with Gasteiger partial charge < -0.3 is 23.9 Å². The number of ether oxygens (including phenoxy) is 3. The van der Waals surface area contributed by atoms with Crippen molar-refractivity contribution >= 4 is 45.8 Å². The van der Waals surface area contributed by atoms with Crippen LogP contribution in [0.25, 0.3) is 11.0 Å². The van der Waals surface area contributed by atoms with E-state index in [0.717, 1.165) is 0 Å². The standard InChI is InChI=1S/C24H17Cl2NO6/c1-30-14-5-7-15(8-6-14)33-21-12-32-20-11-16(9-10-17(20)24(21)29)31-13-22(28)27-19-4-2-3-18(25)23(19)26/h2-12H,13H2,1H3,(H,27,28). The first-order valence-corrected chi connectivity index (χ1v) is 10.4. The molecule has 0 aliphatic rings. The minimum atomic E-state index is -0.427. The highest BCUT2D eigenvalue weighted by Gasteiger charge is 2.12. The fourth-order valence-electron chi connectivity index (χ4n) is 2.96. The summed E-state index contributed by atoms with van der Waals surface area (Å²) in [4.78, 5) is 24.9. The normalized spacial score (nSPS) is 10.6. The largest absolute Gasteiger partial charge is 0.497 e. The van der Waals surface area contributed by atoms with E-state index in [-0.39, 0.29) is 28.4 Å². The Morgan fingerprint density at radius 1 is 1.00 bits per heavy atom. The highest BCUT2D eigenvalue weighted by Crippen LogP contribution is 2.29. The van der Waals surface area contributed by atoms with Crippen LogP contribution in [0.5, 0.6) is 23.0 Å². The Hall–Kier alpha value is -3.68. The van der Waals surface area contributed by atoms with Crippen LogP contribution in [0.15, 0.2) is 76.1 Å². The molecule has 1 amide bonds. The Labute approximate surface area is 198 Å². The molecule has 0 saturated heterocycles. The van der Waals surface area contributed by atoms with E-state index in [1.54, 1.807) is 61.7 Å². The minimum absolute atomic E-state index is 0.0408. The summed E-state index contributed by atoms with van der Waals surface area (Å²) >= 11 is 12.0. The highest BCUT2D eigenvalue weighted by atomic mass is 35.5. The quantitative estimate of drug-likeness (QED) is 0.349. The maximum atomic E-state index is 12.8. The lowest BCUT2D eigenvalue weighted by Crippen LogP contribution is -2.20. The lowest BCUT2D eigenvalue weighted by Gasteiger charge is -2.10. The first-order chi connectivity index (χ1) is 15.9. The van der Waals surface area contributed by atoms with Gasteiger partial charge in [0.2, 0.25) is 11.2 Å². The predicted octanol–water partition coefficient (Wildman–Crippen LogP) is 5.92. The van der Waals surface area contributed by atoms with Gasteiger partial charge in [0.15, 0.2) is 6.61 Å². The van der Waals surface area contributed by atoms with Crippen LogP contribution in [0.3, 0.4) is 0 Å². The van der Waals surface area contributed by atoms with Gasteiger partial charge in [-0.15, -0.1) is 0 Å². The zero-order valence-electron chi connectivity index (χ0n) is 17.3. The maximum absolute atomic E-state index is 12.8. The Morgan fingerprint density at radius 3 is 2.48 bits per heavy atom. The van der Waals surface area contributed by atoms with E-state index in [9.17, 15) is 9.59 Å². The van der Waals surface area contributed by atoms with Crippen molar-refractivity contribution in [1.29, 1.82) is 0 Å². The summed E-state index contributed by atoms with van der Waals surface area (Å²) < 4.78 is 21.8. The molecule has 4 rings (SSSR count). The summed E-state index contributed by atoms with van der Waals surface area (Å²) in [6.45, 7) is -0.281. The molecule has 0 fully saturated rings. The topological polar surface area (TPSA) is 87.0 Å². The molecule has 0 radical (unpaired) electrons. The Kier molecular flexibility index (Phi) is 6.72. The number of fused-ring (bicyclic) bond motifs is 1. The van der Waals surface area contributed by atoms with E-state index < -0.39 is 5.91 Å². The SMILES string of the molecule is COc1ccc(Oc2coc3cc(OCC(=O)Nc4cccc(Cl)c4Cl)ccc3c2=O)cc1. The van der Waals surface area contributed by atoms with Gasteiger partial charge in [0.1, 0.15) is 29.1 Å². The summed E-state index contributed by atoms with van der Waals surface area (Å²) in [5, 5.41) is 3.51. The second-order valence-electron chi connectivity index (χ2n) is 6.80. The Balaban J connectivity index is 1.44. The third kappa shape index (κ3) is 5.22. The number of rotatable bonds is 7. The summed E-state index contributed by atoms with van der Waals surface area (Å²) in [5.74, 6) is 1.10. The molecule has 0 aliphatic carbocycles. The molecule has 1 heterocycles. The van der Waals surface area contributed by atoms with Gasteiger partial charge in [0, 0.05) is 6.07 Å². The molecule has 1 aromatic heterocycles. The van der Waals surface area contributed by atoms with Crippen molar-refractivity contribution in [1.82, 2.24) is 0 Å². The molecule has 0 aliphatic heterocycles. The first-order valence-electron chi connectivity index (χ1n) is 9.69. The fraction of sp³-hybridized carbons (Fsp3) is 0.0833. The highest BCUT2D eigenvalue weighted by molar-refractivity contribution is 6.44. The van der Waals surface area contributed by atoms with Crippen molar-refractivity contribution in [2.75, 3.05) is 19.0 Å². The number of amides is 1. The van der Waals surface area contributed by atoms with Crippen molar-refractivity contribution in [3.05, 3.63) is 87.2 Å². The summed E-state index contributed by atoms with van der Waals surface area (Å²) in [5.41, 5.74) is 0.330. The molecule has 0 atom stereocenters. The van der Waals surface area contributed by atoms with Crippen LogP contribution in [-0.4, -0.2) is 19.6 Å². The second kappa shape index (κ2) is 9.85. The zero-order valence-corrected chi connectivity index (χ0v) is 18.8. The number of halogens is 2. The average molecular weight is 486 g/mol. The van der Waals surface area contributed by atoms with Crippen LogP contribution in [0, 0.1) is 0 Å². The van der Waals surface area contributed by atoms with E-state index >= 15 is 0 Å².